The number of guanidine groups is 1. The maximum absolute atomic E-state index is 12.0. The summed E-state index contributed by atoms with van der Waals surface area (Å²) in [5.41, 5.74) is 0.541. The zero-order valence-corrected chi connectivity index (χ0v) is 20.0. The number of rotatable bonds is 11. The minimum Gasteiger partial charge on any atom is -0.497 e. The number of aliphatic imine (C=N–C) groups is 1. The van der Waals surface area contributed by atoms with Gasteiger partial charge >= 0.3 is 0 Å². The Morgan fingerprint density at radius 3 is 2.43 bits per heavy atom. The van der Waals surface area contributed by atoms with Crippen LogP contribution in [0.3, 0.4) is 0 Å². The van der Waals surface area contributed by atoms with E-state index in [-0.39, 0.29) is 29.9 Å². The van der Waals surface area contributed by atoms with Gasteiger partial charge in [-0.1, -0.05) is 12.1 Å². The van der Waals surface area contributed by atoms with Gasteiger partial charge in [-0.25, -0.2) is 4.99 Å². The molecule has 0 unspecified atom stereocenters. The van der Waals surface area contributed by atoms with E-state index in [1.54, 1.807) is 14.2 Å². The molecule has 7 nitrogen and oxygen atoms in total. The molecule has 0 saturated heterocycles. The molecule has 1 aromatic rings. The van der Waals surface area contributed by atoms with Crippen molar-refractivity contribution in [3.05, 3.63) is 29.8 Å². The Balaban J connectivity index is 0.00000729. The number of halogens is 1. The Kier molecular flexibility index (Phi) is 13.6. The van der Waals surface area contributed by atoms with Gasteiger partial charge in [0.1, 0.15) is 5.75 Å². The van der Waals surface area contributed by atoms with Crippen LogP contribution in [0, 0.1) is 5.41 Å². The third-order valence-corrected chi connectivity index (χ3v) is 4.08. The molecule has 0 heterocycles. The SMILES string of the molecule is CCOCCCNC(=NCc1ccc(OC)cc1)NCC(C)(C)C(=O)NC.I. The maximum atomic E-state index is 12.0. The van der Waals surface area contributed by atoms with Gasteiger partial charge in [0.2, 0.25) is 5.91 Å². The Morgan fingerprint density at radius 2 is 1.86 bits per heavy atom. The smallest absolute Gasteiger partial charge is 0.227 e. The van der Waals surface area contributed by atoms with Gasteiger partial charge < -0.3 is 25.4 Å². The predicted octanol–water partition coefficient (Wildman–Crippen LogP) is 2.55. The third-order valence-electron chi connectivity index (χ3n) is 4.08. The van der Waals surface area contributed by atoms with E-state index in [0.29, 0.717) is 25.7 Å². The first-order valence-electron chi connectivity index (χ1n) is 9.38. The molecule has 0 fully saturated rings. The molecular weight excluding hydrogens is 471 g/mol. The van der Waals surface area contributed by atoms with Crippen molar-refractivity contribution < 1.29 is 14.3 Å². The summed E-state index contributed by atoms with van der Waals surface area (Å²) in [5, 5.41) is 9.27. The summed E-state index contributed by atoms with van der Waals surface area (Å²) >= 11 is 0. The third kappa shape index (κ3) is 10.1. The summed E-state index contributed by atoms with van der Waals surface area (Å²) in [6.07, 6.45) is 0.885. The fraction of sp³-hybridized carbons (Fsp3) is 0.600. The zero-order chi connectivity index (χ0) is 20.1. The summed E-state index contributed by atoms with van der Waals surface area (Å²) < 4.78 is 10.5. The lowest BCUT2D eigenvalue weighted by atomic mass is 9.92. The standard InChI is InChI=1S/C20H34N4O3.HI/c1-6-27-13-7-12-22-19(24-15-20(2,3)18(25)21-4)23-14-16-8-10-17(26-5)11-9-16;/h8-11H,6-7,12-15H2,1-5H3,(H,21,25)(H2,22,23,24);1H. The number of benzene rings is 1. The average Bonchev–Trinajstić information content (AvgIpc) is 2.68. The highest BCUT2D eigenvalue weighted by molar-refractivity contribution is 14.0. The van der Waals surface area contributed by atoms with Crippen molar-refractivity contribution in [1.29, 1.82) is 0 Å². The van der Waals surface area contributed by atoms with Gasteiger partial charge in [0.05, 0.1) is 19.1 Å². The summed E-state index contributed by atoms with van der Waals surface area (Å²) in [5.74, 6) is 1.49. The van der Waals surface area contributed by atoms with Crippen molar-refractivity contribution in [1.82, 2.24) is 16.0 Å². The van der Waals surface area contributed by atoms with Crippen molar-refractivity contribution in [3.63, 3.8) is 0 Å². The number of nitrogens with zero attached hydrogens (tertiary/aromatic N) is 1. The van der Waals surface area contributed by atoms with Crippen LogP contribution in [0.2, 0.25) is 0 Å². The Labute approximate surface area is 186 Å². The van der Waals surface area contributed by atoms with Gasteiger partial charge in [-0.3, -0.25) is 4.79 Å². The fourth-order valence-corrected chi connectivity index (χ4v) is 2.32. The van der Waals surface area contributed by atoms with Crippen molar-refractivity contribution in [2.24, 2.45) is 10.4 Å². The van der Waals surface area contributed by atoms with Crippen molar-refractivity contribution >= 4 is 35.8 Å². The molecule has 8 heteroatoms. The first kappa shape index (κ1) is 26.4. The second-order valence-corrected chi connectivity index (χ2v) is 6.81. The maximum Gasteiger partial charge on any atom is 0.227 e. The van der Waals surface area contributed by atoms with Crippen molar-refractivity contribution in [2.75, 3.05) is 40.5 Å². The molecule has 0 spiro atoms. The van der Waals surface area contributed by atoms with Crippen molar-refractivity contribution in [3.8, 4) is 5.75 Å². The molecular formula is C20H35IN4O3. The lowest BCUT2D eigenvalue weighted by Gasteiger charge is -2.24. The first-order chi connectivity index (χ1) is 12.9. The number of hydrogen-bond acceptors (Lipinski definition) is 4. The van der Waals surface area contributed by atoms with Crippen LogP contribution in [0.15, 0.2) is 29.3 Å². The molecule has 0 atom stereocenters. The van der Waals surface area contributed by atoms with Crippen LogP contribution < -0.4 is 20.7 Å². The Morgan fingerprint density at radius 1 is 1.18 bits per heavy atom. The predicted molar refractivity (Wildman–Crippen MR) is 125 cm³/mol. The molecule has 0 aliphatic carbocycles. The van der Waals surface area contributed by atoms with Crippen LogP contribution in [-0.4, -0.2) is 52.3 Å². The van der Waals surface area contributed by atoms with E-state index in [9.17, 15) is 4.79 Å². The number of amides is 1. The van der Waals surface area contributed by atoms with Crippen LogP contribution in [0.4, 0.5) is 0 Å². The number of ether oxygens (including phenoxy) is 2. The topological polar surface area (TPSA) is 84.0 Å². The van der Waals surface area contributed by atoms with E-state index in [4.69, 9.17) is 9.47 Å². The Hall–Kier alpha value is -1.55. The van der Waals surface area contributed by atoms with Crippen LogP contribution >= 0.6 is 24.0 Å². The monoisotopic (exact) mass is 506 g/mol. The number of carbonyl (C=O) groups is 1. The lowest BCUT2D eigenvalue weighted by molar-refractivity contribution is -0.128. The highest BCUT2D eigenvalue weighted by Crippen LogP contribution is 2.14. The molecule has 0 aromatic heterocycles. The summed E-state index contributed by atoms with van der Waals surface area (Å²) in [6, 6.07) is 7.82. The van der Waals surface area contributed by atoms with E-state index in [0.717, 1.165) is 30.9 Å². The minimum atomic E-state index is -0.539. The summed E-state index contributed by atoms with van der Waals surface area (Å²) in [6.45, 7) is 8.96. The number of nitrogens with one attached hydrogen (secondary N) is 3. The summed E-state index contributed by atoms with van der Waals surface area (Å²) in [4.78, 5) is 16.6. The van der Waals surface area contributed by atoms with Crippen LogP contribution in [0.1, 0.15) is 32.8 Å². The number of carbonyl (C=O) groups excluding carboxylic acids is 1. The zero-order valence-electron chi connectivity index (χ0n) is 17.6. The van der Waals surface area contributed by atoms with Crippen LogP contribution in [0.25, 0.3) is 0 Å². The van der Waals surface area contributed by atoms with Gasteiger partial charge in [-0.05, 0) is 44.9 Å². The second kappa shape index (κ2) is 14.4. The highest BCUT2D eigenvalue weighted by atomic mass is 127. The lowest BCUT2D eigenvalue weighted by Crippen LogP contribution is -2.47. The number of methoxy groups -OCH3 is 1. The molecule has 28 heavy (non-hydrogen) atoms. The van der Waals surface area contributed by atoms with E-state index in [1.807, 2.05) is 45.0 Å². The average molecular weight is 506 g/mol. The second-order valence-electron chi connectivity index (χ2n) is 6.81. The Bertz CT molecular complexity index is 592. The molecule has 3 N–H and O–H groups in total. The van der Waals surface area contributed by atoms with Gasteiger partial charge in [-0.15, -0.1) is 24.0 Å². The molecule has 160 valence electrons. The summed E-state index contributed by atoms with van der Waals surface area (Å²) in [7, 11) is 3.30. The van der Waals surface area contributed by atoms with Gasteiger partial charge in [0.15, 0.2) is 5.96 Å². The van der Waals surface area contributed by atoms with E-state index >= 15 is 0 Å². The molecule has 1 amide bonds. The molecule has 1 aromatic carbocycles. The van der Waals surface area contributed by atoms with Gasteiger partial charge in [-0.2, -0.15) is 0 Å². The fourth-order valence-electron chi connectivity index (χ4n) is 2.32. The highest BCUT2D eigenvalue weighted by Gasteiger charge is 2.26. The largest absolute Gasteiger partial charge is 0.497 e. The molecule has 1 rings (SSSR count). The minimum absolute atomic E-state index is 0. The van der Waals surface area contributed by atoms with Crippen LogP contribution in [0.5, 0.6) is 5.75 Å². The quantitative estimate of drug-likeness (QED) is 0.186. The van der Waals surface area contributed by atoms with Gasteiger partial charge in [0, 0.05) is 33.4 Å². The number of hydrogen-bond donors (Lipinski definition) is 3. The van der Waals surface area contributed by atoms with Crippen LogP contribution in [-0.2, 0) is 16.1 Å². The molecule has 0 aliphatic heterocycles. The van der Waals surface area contributed by atoms with Crippen molar-refractivity contribution in [2.45, 2.75) is 33.7 Å². The van der Waals surface area contributed by atoms with E-state index in [2.05, 4.69) is 20.9 Å². The first-order valence-corrected chi connectivity index (χ1v) is 9.38. The normalized spacial score (nSPS) is 11.4. The molecule has 0 radical (unpaired) electrons. The molecule has 0 aliphatic rings. The van der Waals surface area contributed by atoms with Gasteiger partial charge in [0.25, 0.3) is 0 Å². The van der Waals surface area contributed by atoms with E-state index < -0.39 is 5.41 Å². The van der Waals surface area contributed by atoms with E-state index in [1.165, 1.54) is 0 Å². The molecule has 0 bridgehead atoms. The molecule has 0 saturated carbocycles.